The summed E-state index contributed by atoms with van der Waals surface area (Å²) in [5.41, 5.74) is 0. The van der Waals surface area contributed by atoms with Gasteiger partial charge in [-0.1, -0.05) is 11.6 Å². The zero-order chi connectivity index (χ0) is 20.1. The Labute approximate surface area is 174 Å². The topological polar surface area (TPSA) is 80.2 Å². The van der Waals surface area contributed by atoms with Gasteiger partial charge in [0.05, 0.1) is 11.6 Å². The van der Waals surface area contributed by atoms with Crippen molar-refractivity contribution >= 4 is 23.4 Å². The number of ether oxygens (including phenoxy) is 3. The molecular weight excluding hydrogens is 394 g/mol. The number of hydrogen-bond donors (Lipinski definition) is 2. The molecule has 2 aliphatic rings. The summed E-state index contributed by atoms with van der Waals surface area (Å²) in [4.78, 5) is 10.9. The standard InChI is InChI=1S/C20H24ClN5O3/c1-22-20(24-8-10-27-15-4-5-17-18(11-15)29-13-28-17)25-14-6-9-26(12-14)19-16(21)3-2-7-23-19/h2-5,7,11,14H,6,8-10,12-13H2,1H3,(H2,22,24,25). The number of nitrogens with zero attached hydrogens (tertiary/aromatic N) is 3. The van der Waals surface area contributed by atoms with E-state index >= 15 is 0 Å². The van der Waals surface area contributed by atoms with Crippen molar-refractivity contribution in [3.8, 4) is 17.2 Å². The monoisotopic (exact) mass is 417 g/mol. The highest BCUT2D eigenvalue weighted by molar-refractivity contribution is 6.32. The highest BCUT2D eigenvalue weighted by atomic mass is 35.5. The Hall–Kier alpha value is -2.87. The molecule has 1 unspecified atom stereocenters. The molecule has 0 amide bonds. The van der Waals surface area contributed by atoms with Crippen molar-refractivity contribution in [3.63, 3.8) is 0 Å². The second kappa shape index (κ2) is 9.09. The van der Waals surface area contributed by atoms with Gasteiger partial charge in [-0.15, -0.1) is 0 Å². The van der Waals surface area contributed by atoms with Gasteiger partial charge in [-0.3, -0.25) is 4.99 Å². The molecule has 1 aromatic carbocycles. The average Bonchev–Trinajstić information content (AvgIpc) is 3.39. The van der Waals surface area contributed by atoms with Crippen molar-refractivity contribution in [1.29, 1.82) is 0 Å². The van der Waals surface area contributed by atoms with Crippen molar-refractivity contribution in [3.05, 3.63) is 41.6 Å². The fraction of sp³-hybridized carbons (Fsp3) is 0.400. The van der Waals surface area contributed by atoms with Crippen LogP contribution < -0.4 is 29.7 Å². The van der Waals surface area contributed by atoms with Gasteiger partial charge in [0, 0.05) is 38.4 Å². The summed E-state index contributed by atoms with van der Waals surface area (Å²) >= 11 is 6.26. The fourth-order valence-electron chi connectivity index (χ4n) is 3.37. The third-order valence-electron chi connectivity index (χ3n) is 4.80. The van der Waals surface area contributed by atoms with E-state index in [4.69, 9.17) is 25.8 Å². The van der Waals surface area contributed by atoms with Gasteiger partial charge in [-0.25, -0.2) is 4.98 Å². The maximum Gasteiger partial charge on any atom is 0.231 e. The normalized spacial score (nSPS) is 18.1. The lowest BCUT2D eigenvalue weighted by Crippen LogP contribution is -2.45. The van der Waals surface area contributed by atoms with Crippen molar-refractivity contribution in [2.24, 2.45) is 4.99 Å². The van der Waals surface area contributed by atoms with E-state index in [9.17, 15) is 0 Å². The SMILES string of the molecule is CN=C(NCCOc1ccc2c(c1)OCO2)NC1CCN(c2ncccc2Cl)C1. The predicted octanol–water partition coefficient (Wildman–Crippen LogP) is 2.29. The van der Waals surface area contributed by atoms with Crippen LogP contribution in [0.25, 0.3) is 0 Å². The molecule has 1 fully saturated rings. The van der Waals surface area contributed by atoms with Gasteiger partial charge in [0.1, 0.15) is 18.2 Å². The first kappa shape index (κ1) is 19.4. The van der Waals surface area contributed by atoms with E-state index in [-0.39, 0.29) is 12.8 Å². The van der Waals surface area contributed by atoms with E-state index in [0.29, 0.717) is 23.9 Å². The molecule has 8 nitrogen and oxygen atoms in total. The summed E-state index contributed by atoms with van der Waals surface area (Å²) in [6.07, 6.45) is 2.75. The second-order valence-corrected chi connectivity index (χ2v) is 7.15. The zero-order valence-electron chi connectivity index (χ0n) is 16.2. The Morgan fingerprint density at radius 2 is 2.24 bits per heavy atom. The molecule has 1 atom stereocenters. The minimum atomic E-state index is 0.257. The van der Waals surface area contributed by atoms with Crippen LogP contribution in [0.3, 0.4) is 0 Å². The quantitative estimate of drug-likeness (QED) is 0.424. The molecule has 0 saturated carbocycles. The van der Waals surface area contributed by atoms with Gasteiger partial charge in [0.15, 0.2) is 17.5 Å². The number of hydrogen-bond acceptors (Lipinski definition) is 6. The molecule has 29 heavy (non-hydrogen) atoms. The fourth-order valence-corrected chi connectivity index (χ4v) is 3.61. The first-order chi connectivity index (χ1) is 14.2. The predicted molar refractivity (Wildman–Crippen MR) is 112 cm³/mol. The molecule has 154 valence electrons. The molecule has 0 bridgehead atoms. The number of halogens is 1. The molecule has 2 N–H and O–H groups in total. The van der Waals surface area contributed by atoms with E-state index in [1.807, 2.05) is 30.3 Å². The maximum atomic E-state index is 6.26. The number of aromatic nitrogens is 1. The Bertz CT molecular complexity index is 879. The number of guanidine groups is 1. The molecule has 2 aliphatic heterocycles. The van der Waals surface area contributed by atoms with Gasteiger partial charge in [-0.05, 0) is 30.7 Å². The first-order valence-electron chi connectivity index (χ1n) is 9.58. The first-order valence-corrected chi connectivity index (χ1v) is 9.96. The number of benzene rings is 1. The van der Waals surface area contributed by atoms with Crippen LogP contribution >= 0.6 is 11.6 Å². The summed E-state index contributed by atoms with van der Waals surface area (Å²) in [5, 5.41) is 7.41. The molecule has 9 heteroatoms. The van der Waals surface area contributed by atoms with Gasteiger partial charge in [0.2, 0.25) is 6.79 Å². The largest absolute Gasteiger partial charge is 0.492 e. The molecule has 1 saturated heterocycles. The number of pyridine rings is 1. The summed E-state index contributed by atoms with van der Waals surface area (Å²) < 4.78 is 16.4. The van der Waals surface area contributed by atoms with Crippen molar-refractivity contribution in [2.75, 3.05) is 45.0 Å². The van der Waals surface area contributed by atoms with Crippen molar-refractivity contribution in [2.45, 2.75) is 12.5 Å². The lowest BCUT2D eigenvalue weighted by molar-refractivity contribution is 0.173. The number of aliphatic imine (C=N–C) groups is 1. The summed E-state index contributed by atoms with van der Waals surface area (Å²) in [7, 11) is 1.76. The van der Waals surface area contributed by atoms with E-state index in [1.165, 1.54) is 0 Å². The summed E-state index contributed by atoms with van der Waals surface area (Å²) in [5.74, 6) is 3.79. The third kappa shape index (κ3) is 4.76. The number of fused-ring (bicyclic) bond motifs is 1. The van der Waals surface area contributed by atoms with Crippen molar-refractivity contribution < 1.29 is 14.2 Å². The summed E-state index contributed by atoms with van der Waals surface area (Å²) in [6, 6.07) is 9.54. The van der Waals surface area contributed by atoms with Gasteiger partial charge in [-0.2, -0.15) is 0 Å². The Morgan fingerprint density at radius 1 is 1.34 bits per heavy atom. The van der Waals surface area contributed by atoms with Crippen LogP contribution in [-0.2, 0) is 0 Å². The van der Waals surface area contributed by atoms with Gasteiger partial charge in [0.25, 0.3) is 0 Å². The lowest BCUT2D eigenvalue weighted by Gasteiger charge is -2.20. The zero-order valence-corrected chi connectivity index (χ0v) is 17.0. The lowest BCUT2D eigenvalue weighted by atomic mass is 10.3. The second-order valence-electron chi connectivity index (χ2n) is 6.75. The van der Waals surface area contributed by atoms with Crippen LogP contribution in [0, 0.1) is 0 Å². The van der Waals surface area contributed by atoms with E-state index in [1.54, 1.807) is 13.2 Å². The highest BCUT2D eigenvalue weighted by Gasteiger charge is 2.25. The minimum Gasteiger partial charge on any atom is -0.492 e. The Kier molecular flexibility index (Phi) is 6.09. The van der Waals surface area contributed by atoms with Crippen LogP contribution in [0.5, 0.6) is 17.2 Å². The number of anilines is 1. The molecule has 0 aliphatic carbocycles. The minimum absolute atomic E-state index is 0.257. The molecule has 3 heterocycles. The van der Waals surface area contributed by atoms with Crippen LogP contribution in [-0.4, -0.2) is 57.1 Å². The van der Waals surface area contributed by atoms with Gasteiger partial charge < -0.3 is 29.7 Å². The molecule has 0 spiro atoms. The van der Waals surface area contributed by atoms with Gasteiger partial charge >= 0.3 is 0 Å². The average molecular weight is 418 g/mol. The van der Waals surface area contributed by atoms with Crippen LogP contribution in [0.4, 0.5) is 5.82 Å². The molecule has 4 rings (SSSR count). The van der Waals surface area contributed by atoms with E-state index in [2.05, 4.69) is 25.5 Å². The molecular formula is C20H24ClN5O3. The smallest absolute Gasteiger partial charge is 0.231 e. The van der Waals surface area contributed by atoms with Crippen LogP contribution in [0.15, 0.2) is 41.5 Å². The summed E-state index contributed by atoms with van der Waals surface area (Å²) in [6.45, 7) is 3.11. The van der Waals surface area contributed by atoms with E-state index < -0.39 is 0 Å². The van der Waals surface area contributed by atoms with E-state index in [0.717, 1.165) is 42.8 Å². The number of rotatable bonds is 6. The molecule has 0 radical (unpaired) electrons. The highest BCUT2D eigenvalue weighted by Crippen LogP contribution is 2.35. The number of nitrogens with one attached hydrogen (secondary N) is 2. The molecule has 2 aromatic rings. The van der Waals surface area contributed by atoms with Crippen LogP contribution in [0.2, 0.25) is 5.02 Å². The third-order valence-corrected chi connectivity index (χ3v) is 5.09. The maximum absolute atomic E-state index is 6.26. The van der Waals surface area contributed by atoms with Crippen molar-refractivity contribution in [1.82, 2.24) is 15.6 Å². The van der Waals surface area contributed by atoms with Crippen LogP contribution in [0.1, 0.15) is 6.42 Å². The Balaban J connectivity index is 1.21. The Morgan fingerprint density at radius 3 is 3.10 bits per heavy atom. The molecule has 1 aromatic heterocycles.